The van der Waals surface area contributed by atoms with Crippen LogP contribution in [0.3, 0.4) is 0 Å². The van der Waals surface area contributed by atoms with Crippen LogP contribution in [0.2, 0.25) is 0 Å². The number of hydrogen-bond donors (Lipinski definition) is 0. The summed E-state index contributed by atoms with van der Waals surface area (Å²) in [6.07, 6.45) is 3.88. The Kier molecular flexibility index (Phi) is 5.28. The molecule has 49 valence electrons. The third-order valence-electron chi connectivity index (χ3n) is 1.29. The van der Waals surface area contributed by atoms with E-state index < -0.39 is 0 Å². The van der Waals surface area contributed by atoms with Gasteiger partial charge in [-0.05, 0) is 11.7 Å². The first-order valence-electron chi connectivity index (χ1n) is 2.86. The molecule has 0 N–H and O–H groups in total. The maximum absolute atomic E-state index is 10.5. The van der Waals surface area contributed by atoms with Crippen LogP contribution < -0.4 is 0 Å². The molecule has 0 amide bonds. The van der Waals surface area contributed by atoms with Crippen LogP contribution in [0.5, 0.6) is 0 Å². The van der Waals surface area contributed by atoms with Crippen molar-refractivity contribution >= 4 is 16.9 Å². The summed E-state index contributed by atoms with van der Waals surface area (Å²) in [5.41, 5.74) is 0. The Labute approximate surface area is 85.2 Å². The monoisotopic (exact) mass is 218 g/mol. The molecule has 0 aromatic rings. The molecule has 1 fully saturated rings. The molecule has 1 aliphatic rings. The van der Waals surface area contributed by atoms with Gasteiger partial charge < -0.3 is 11.2 Å². The van der Waals surface area contributed by atoms with Crippen molar-refractivity contribution in [2.75, 3.05) is 0 Å². The molecule has 3 heteroatoms. The summed E-state index contributed by atoms with van der Waals surface area (Å²) >= 11 is 1.47. The van der Waals surface area contributed by atoms with Crippen LogP contribution in [-0.4, -0.2) is 10.4 Å². The minimum atomic E-state index is 0. The van der Waals surface area contributed by atoms with Gasteiger partial charge in [0, 0.05) is 32.7 Å². The molecule has 0 aliphatic carbocycles. The SMILES string of the molecule is CC[C@@H]1C[CH-]C(=O)S1.[Y]. The molecule has 1 heterocycles. The van der Waals surface area contributed by atoms with Crippen LogP contribution in [-0.2, 0) is 37.5 Å². The summed E-state index contributed by atoms with van der Waals surface area (Å²) < 4.78 is 0. The molecule has 9 heavy (non-hydrogen) atoms. The first-order valence-corrected chi connectivity index (χ1v) is 3.74. The van der Waals surface area contributed by atoms with Gasteiger partial charge in [0.05, 0.1) is 5.12 Å². The molecule has 1 saturated heterocycles. The van der Waals surface area contributed by atoms with Crippen LogP contribution in [0.15, 0.2) is 0 Å². The van der Waals surface area contributed by atoms with Crippen LogP contribution >= 0.6 is 11.8 Å². The second kappa shape index (κ2) is 4.76. The van der Waals surface area contributed by atoms with Gasteiger partial charge >= 0.3 is 0 Å². The Morgan fingerprint density at radius 3 is 2.78 bits per heavy atom. The number of carbonyl (C=O) groups excluding carboxylic acids is 1. The Balaban J connectivity index is 0.000000640. The third kappa shape index (κ3) is 3.06. The maximum atomic E-state index is 10.5. The van der Waals surface area contributed by atoms with E-state index in [0.717, 1.165) is 12.8 Å². The van der Waals surface area contributed by atoms with Crippen molar-refractivity contribution in [3.8, 4) is 0 Å². The molecule has 0 spiro atoms. The van der Waals surface area contributed by atoms with Gasteiger partial charge in [-0.3, -0.25) is 0 Å². The minimum Gasteiger partial charge on any atom is -0.322 e. The average Bonchev–Trinajstić information content (AvgIpc) is 2.14. The number of hydrogen-bond acceptors (Lipinski definition) is 2. The van der Waals surface area contributed by atoms with Crippen LogP contribution in [0, 0.1) is 6.42 Å². The van der Waals surface area contributed by atoms with Crippen LogP contribution in [0.25, 0.3) is 0 Å². The normalized spacial score (nSPS) is 25.0. The Hall–Kier alpha value is 0.994. The summed E-state index contributed by atoms with van der Waals surface area (Å²) in [5.74, 6) is 0. The van der Waals surface area contributed by atoms with Crippen molar-refractivity contribution < 1.29 is 37.5 Å². The first-order chi connectivity index (χ1) is 3.83. The van der Waals surface area contributed by atoms with Crippen molar-refractivity contribution in [1.82, 2.24) is 0 Å². The van der Waals surface area contributed by atoms with Gasteiger partial charge in [0.15, 0.2) is 0 Å². The molecule has 0 bridgehead atoms. The topological polar surface area (TPSA) is 17.1 Å². The molecule has 1 atom stereocenters. The Bertz CT molecular complexity index is 105. The van der Waals surface area contributed by atoms with Crippen molar-refractivity contribution in [2.24, 2.45) is 0 Å². The molecule has 1 aliphatic heterocycles. The zero-order valence-corrected chi connectivity index (χ0v) is 9.12. The van der Waals surface area contributed by atoms with E-state index >= 15 is 0 Å². The van der Waals surface area contributed by atoms with E-state index in [9.17, 15) is 4.79 Å². The van der Waals surface area contributed by atoms with Crippen molar-refractivity contribution in [1.29, 1.82) is 0 Å². The zero-order valence-electron chi connectivity index (χ0n) is 5.46. The fraction of sp³-hybridized carbons (Fsp3) is 0.667. The molecule has 0 aromatic heterocycles. The Morgan fingerprint density at radius 1 is 1.89 bits per heavy atom. The number of thioether (sulfide) groups is 1. The summed E-state index contributed by atoms with van der Waals surface area (Å²) in [6.45, 7) is 2.12. The van der Waals surface area contributed by atoms with E-state index in [1.54, 1.807) is 6.42 Å². The molecule has 0 unspecified atom stereocenters. The standard InChI is InChI=1S/C6H9OS.Y/c1-2-5-3-4-6(7)8-5;/h4-5H,2-3H2,1H3;/q-1;/t5-;/m1./s1. The second-order valence-electron chi connectivity index (χ2n) is 1.91. The number of rotatable bonds is 1. The van der Waals surface area contributed by atoms with Gasteiger partial charge in [-0.1, -0.05) is 6.92 Å². The quantitative estimate of drug-likeness (QED) is 0.622. The molecule has 1 rings (SSSR count). The summed E-state index contributed by atoms with van der Waals surface area (Å²) in [6, 6.07) is 0. The van der Waals surface area contributed by atoms with Gasteiger partial charge in [0.2, 0.25) is 0 Å². The van der Waals surface area contributed by atoms with Crippen molar-refractivity contribution in [3.05, 3.63) is 6.42 Å². The fourth-order valence-corrected chi connectivity index (χ4v) is 1.62. The second-order valence-corrected chi connectivity index (χ2v) is 3.21. The van der Waals surface area contributed by atoms with Gasteiger partial charge in [-0.25, -0.2) is 0 Å². The Morgan fingerprint density at radius 2 is 2.56 bits per heavy atom. The molecular weight excluding hydrogens is 209 g/mol. The molecule has 1 nitrogen and oxygen atoms in total. The van der Waals surface area contributed by atoms with E-state index in [2.05, 4.69) is 6.92 Å². The van der Waals surface area contributed by atoms with E-state index in [1.165, 1.54) is 11.8 Å². The van der Waals surface area contributed by atoms with Gasteiger partial charge in [-0.15, -0.1) is 18.2 Å². The van der Waals surface area contributed by atoms with Crippen molar-refractivity contribution in [2.45, 2.75) is 25.0 Å². The minimum absolute atomic E-state index is 0. The first kappa shape index (κ1) is 9.99. The molecule has 0 saturated carbocycles. The number of carbonyl (C=O) groups is 1. The largest absolute Gasteiger partial charge is 0.322 e. The summed E-state index contributed by atoms with van der Waals surface area (Å²) in [5, 5.41) is 0.847. The van der Waals surface area contributed by atoms with Crippen molar-refractivity contribution in [3.63, 3.8) is 0 Å². The summed E-state index contributed by atoms with van der Waals surface area (Å²) in [4.78, 5) is 10.5. The van der Waals surface area contributed by atoms with E-state index in [1.807, 2.05) is 0 Å². The molecule has 1 radical (unpaired) electrons. The van der Waals surface area contributed by atoms with Crippen LogP contribution in [0.4, 0.5) is 0 Å². The average molecular weight is 218 g/mol. The van der Waals surface area contributed by atoms with Crippen LogP contribution in [0.1, 0.15) is 19.8 Å². The predicted octanol–water partition coefficient (Wildman–Crippen LogP) is 1.63. The fourth-order valence-electron chi connectivity index (χ4n) is 0.738. The van der Waals surface area contributed by atoms with E-state index in [-0.39, 0.29) is 37.8 Å². The van der Waals surface area contributed by atoms with Gasteiger partial charge in [0.25, 0.3) is 0 Å². The summed E-state index contributed by atoms with van der Waals surface area (Å²) in [7, 11) is 0. The molecule has 0 aromatic carbocycles. The van der Waals surface area contributed by atoms with E-state index in [0.29, 0.717) is 5.25 Å². The maximum Gasteiger partial charge on any atom is 0.0546 e. The zero-order chi connectivity index (χ0) is 5.98. The van der Waals surface area contributed by atoms with E-state index in [4.69, 9.17) is 0 Å². The molecular formula is C6H9OSY-. The van der Waals surface area contributed by atoms with Gasteiger partial charge in [-0.2, -0.15) is 0 Å². The predicted molar refractivity (Wildman–Crippen MR) is 35.6 cm³/mol. The third-order valence-corrected chi connectivity index (χ3v) is 2.54. The van der Waals surface area contributed by atoms with Gasteiger partial charge in [0.1, 0.15) is 0 Å². The smallest absolute Gasteiger partial charge is 0.0546 e.